The molecule has 0 saturated carbocycles. The smallest absolute Gasteiger partial charge is 0.323 e. The van der Waals surface area contributed by atoms with E-state index >= 15 is 0 Å². The summed E-state index contributed by atoms with van der Waals surface area (Å²) in [6.07, 6.45) is 0. The third-order valence-corrected chi connectivity index (χ3v) is 4.68. The number of nitrogens with one attached hydrogen (secondary N) is 3. The molecule has 0 aliphatic rings. The van der Waals surface area contributed by atoms with Crippen LogP contribution in [0.5, 0.6) is 0 Å². The number of para-hydroxylation sites is 1. The van der Waals surface area contributed by atoms with Gasteiger partial charge in [-0.3, -0.25) is 0 Å². The van der Waals surface area contributed by atoms with Crippen LogP contribution in [0.3, 0.4) is 0 Å². The van der Waals surface area contributed by atoms with Gasteiger partial charge in [-0.1, -0.05) is 64.5 Å². The van der Waals surface area contributed by atoms with Crippen molar-refractivity contribution >= 4 is 44.2 Å². The summed E-state index contributed by atoms with van der Waals surface area (Å²) in [5, 5.41) is 6.30. The highest BCUT2D eigenvalue weighted by Crippen LogP contribution is 2.35. The van der Waals surface area contributed by atoms with Gasteiger partial charge in [0, 0.05) is 20.9 Å². The Bertz CT molecular complexity index is 1120. The molecule has 3 N–H and O–H groups in total. The zero-order valence-electron chi connectivity index (χ0n) is 14.1. The van der Waals surface area contributed by atoms with Gasteiger partial charge in [-0.2, -0.15) is 0 Å². The van der Waals surface area contributed by atoms with E-state index < -0.39 is 11.8 Å². The molecule has 0 atom stereocenters. The van der Waals surface area contributed by atoms with Gasteiger partial charge >= 0.3 is 6.03 Å². The fourth-order valence-corrected chi connectivity index (χ4v) is 3.28. The van der Waals surface area contributed by atoms with Gasteiger partial charge < -0.3 is 15.6 Å². The molecular weight excluding hydrogens is 409 g/mol. The van der Waals surface area contributed by atoms with Crippen molar-refractivity contribution in [2.75, 3.05) is 10.6 Å². The quantitative estimate of drug-likeness (QED) is 0.351. The fraction of sp³-hybridized carbons (Fsp3) is 0. The van der Waals surface area contributed by atoms with Gasteiger partial charge in [-0.15, -0.1) is 0 Å². The minimum atomic E-state index is -0.516. The normalized spacial score (nSPS) is 10.7. The highest BCUT2D eigenvalue weighted by molar-refractivity contribution is 9.10. The van der Waals surface area contributed by atoms with Crippen LogP contribution < -0.4 is 10.6 Å². The van der Waals surface area contributed by atoms with Crippen molar-refractivity contribution in [2.24, 2.45) is 0 Å². The number of benzene rings is 3. The highest BCUT2D eigenvalue weighted by atomic mass is 79.9. The summed E-state index contributed by atoms with van der Waals surface area (Å²) in [7, 11) is 0. The van der Waals surface area contributed by atoms with Crippen molar-refractivity contribution < 1.29 is 9.18 Å². The summed E-state index contributed by atoms with van der Waals surface area (Å²) < 4.78 is 14.6. The molecule has 0 unspecified atom stereocenters. The molecule has 4 nitrogen and oxygen atoms in total. The zero-order chi connectivity index (χ0) is 18.8. The number of H-pyrrole nitrogens is 1. The Balaban J connectivity index is 1.69. The van der Waals surface area contributed by atoms with E-state index in [1.165, 1.54) is 12.1 Å². The average molecular weight is 424 g/mol. The van der Waals surface area contributed by atoms with Gasteiger partial charge in [-0.25, -0.2) is 9.18 Å². The van der Waals surface area contributed by atoms with Crippen molar-refractivity contribution in [3.05, 3.63) is 83.1 Å². The number of anilines is 2. The number of rotatable bonds is 3. The lowest BCUT2D eigenvalue weighted by Crippen LogP contribution is -2.20. The number of aromatic nitrogens is 1. The van der Waals surface area contributed by atoms with Crippen LogP contribution in [0.2, 0.25) is 0 Å². The minimum Gasteiger partial charge on any atom is -0.353 e. The lowest BCUT2D eigenvalue weighted by atomic mass is 10.1. The van der Waals surface area contributed by atoms with E-state index in [2.05, 4.69) is 31.5 Å². The predicted molar refractivity (Wildman–Crippen MR) is 110 cm³/mol. The third kappa shape index (κ3) is 3.57. The Morgan fingerprint density at radius 1 is 0.926 bits per heavy atom. The molecule has 2 amide bonds. The van der Waals surface area contributed by atoms with Gasteiger partial charge in [0.1, 0.15) is 5.82 Å². The SMILES string of the molecule is O=C(Nc1ccc(Br)cc1F)Nc1c(-c2ccccc2)[nH]c2ccccc12. The Hall–Kier alpha value is -3.12. The largest absolute Gasteiger partial charge is 0.353 e. The van der Waals surface area contributed by atoms with E-state index in [1.54, 1.807) is 6.07 Å². The second-order valence-corrected chi connectivity index (χ2v) is 6.91. The Morgan fingerprint density at radius 2 is 1.67 bits per heavy atom. The number of urea groups is 1. The number of hydrogen-bond donors (Lipinski definition) is 3. The maximum atomic E-state index is 14.0. The number of halogens is 2. The van der Waals surface area contributed by atoms with Crippen LogP contribution in [0.1, 0.15) is 0 Å². The van der Waals surface area contributed by atoms with Gasteiger partial charge in [0.15, 0.2) is 0 Å². The van der Waals surface area contributed by atoms with Crippen LogP contribution in [-0.4, -0.2) is 11.0 Å². The lowest BCUT2D eigenvalue weighted by molar-refractivity contribution is 0.262. The summed E-state index contributed by atoms with van der Waals surface area (Å²) in [6, 6.07) is 21.4. The maximum Gasteiger partial charge on any atom is 0.323 e. The van der Waals surface area contributed by atoms with Gasteiger partial charge in [0.2, 0.25) is 0 Å². The molecule has 0 radical (unpaired) electrons. The van der Waals surface area contributed by atoms with E-state index in [4.69, 9.17) is 0 Å². The Morgan fingerprint density at radius 3 is 2.44 bits per heavy atom. The fourth-order valence-electron chi connectivity index (χ4n) is 2.95. The van der Waals surface area contributed by atoms with E-state index in [1.807, 2.05) is 54.6 Å². The molecule has 0 aliphatic carbocycles. The van der Waals surface area contributed by atoms with Crippen LogP contribution in [0.4, 0.5) is 20.6 Å². The average Bonchev–Trinajstić information content (AvgIpc) is 3.03. The molecule has 1 heterocycles. The maximum absolute atomic E-state index is 14.0. The van der Waals surface area contributed by atoms with Crippen molar-refractivity contribution in [3.63, 3.8) is 0 Å². The van der Waals surface area contributed by atoms with Crippen LogP contribution in [0, 0.1) is 5.82 Å². The van der Waals surface area contributed by atoms with Crippen molar-refractivity contribution in [3.8, 4) is 11.3 Å². The molecule has 3 aromatic carbocycles. The first-order chi connectivity index (χ1) is 13.1. The minimum absolute atomic E-state index is 0.108. The first-order valence-electron chi connectivity index (χ1n) is 8.31. The predicted octanol–water partition coefficient (Wildman–Crippen LogP) is 6.38. The van der Waals surface area contributed by atoms with Crippen LogP contribution in [0.15, 0.2) is 77.3 Å². The number of carbonyl (C=O) groups is 1. The number of amides is 2. The monoisotopic (exact) mass is 423 g/mol. The van der Waals surface area contributed by atoms with Gasteiger partial charge in [0.25, 0.3) is 0 Å². The molecule has 134 valence electrons. The number of aromatic amines is 1. The molecule has 6 heteroatoms. The third-order valence-electron chi connectivity index (χ3n) is 4.19. The molecule has 4 rings (SSSR count). The molecule has 0 fully saturated rings. The molecule has 0 saturated heterocycles. The highest BCUT2D eigenvalue weighted by Gasteiger charge is 2.16. The summed E-state index contributed by atoms with van der Waals surface area (Å²) in [6.45, 7) is 0. The Kier molecular flexibility index (Phi) is 4.64. The van der Waals surface area contributed by atoms with Crippen molar-refractivity contribution in [1.82, 2.24) is 4.98 Å². The number of fused-ring (bicyclic) bond motifs is 1. The summed E-state index contributed by atoms with van der Waals surface area (Å²) in [4.78, 5) is 15.9. The van der Waals surface area contributed by atoms with Crippen molar-refractivity contribution in [1.29, 1.82) is 0 Å². The van der Waals surface area contributed by atoms with E-state index in [9.17, 15) is 9.18 Å². The molecule has 0 aliphatic heterocycles. The van der Waals surface area contributed by atoms with E-state index in [-0.39, 0.29) is 5.69 Å². The summed E-state index contributed by atoms with van der Waals surface area (Å²) in [5.41, 5.74) is 3.40. The van der Waals surface area contributed by atoms with E-state index in [0.717, 1.165) is 22.2 Å². The summed E-state index contributed by atoms with van der Waals surface area (Å²) in [5.74, 6) is -0.512. The number of hydrogen-bond acceptors (Lipinski definition) is 1. The standard InChI is InChI=1S/C21H15BrFN3O/c22-14-10-11-18(16(23)12-14)25-21(27)26-20-15-8-4-5-9-17(15)24-19(20)13-6-2-1-3-7-13/h1-12,24H,(H2,25,26,27). The molecule has 27 heavy (non-hydrogen) atoms. The van der Waals surface area contributed by atoms with Crippen LogP contribution in [0.25, 0.3) is 22.2 Å². The first-order valence-corrected chi connectivity index (χ1v) is 9.10. The van der Waals surface area contributed by atoms with Crippen LogP contribution in [-0.2, 0) is 0 Å². The van der Waals surface area contributed by atoms with Crippen molar-refractivity contribution in [2.45, 2.75) is 0 Å². The number of carbonyl (C=O) groups excluding carboxylic acids is 1. The Labute approximate surface area is 163 Å². The second kappa shape index (κ2) is 7.25. The van der Waals surface area contributed by atoms with Gasteiger partial charge in [0.05, 0.1) is 17.1 Å². The molecule has 0 spiro atoms. The molecule has 0 bridgehead atoms. The van der Waals surface area contributed by atoms with E-state index in [0.29, 0.717) is 10.2 Å². The lowest BCUT2D eigenvalue weighted by Gasteiger charge is -2.10. The molecule has 1 aromatic heterocycles. The first kappa shape index (κ1) is 17.3. The second-order valence-electron chi connectivity index (χ2n) is 5.99. The zero-order valence-corrected chi connectivity index (χ0v) is 15.7. The summed E-state index contributed by atoms with van der Waals surface area (Å²) >= 11 is 3.20. The van der Waals surface area contributed by atoms with Crippen LogP contribution >= 0.6 is 15.9 Å². The molecule has 4 aromatic rings. The molecular formula is C21H15BrFN3O. The topological polar surface area (TPSA) is 56.9 Å². The van der Waals surface area contributed by atoms with Gasteiger partial charge in [-0.05, 0) is 24.3 Å².